The van der Waals surface area contributed by atoms with Crippen molar-refractivity contribution in [2.24, 2.45) is 0 Å². The molecule has 0 aliphatic heterocycles. The number of carbonyl (C=O) groups is 1. The number of benzene rings is 1. The molecule has 1 aliphatic carbocycles. The van der Waals surface area contributed by atoms with E-state index in [2.05, 4.69) is 41.1 Å². The second kappa shape index (κ2) is 5.31. The predicted molar refractivity (Wildman–Crippen MR) is 64.2 cm³/mol. The Morgan fingerprint density at radius 2 is 2.13 bits per heavy atom. The number of aliphatic carboxylic acids is 1. The van der Waals surface area contributed by atoms with Gasteiger partial charge in [0, 0.05) is 11.4 Å². The first-order chi connectivity index (χ1) is 7.00. The zero-order chi connectivity index (χ0) is 11.4. The zero-order valence-electron chi connectivity index (χ0n) is 8.96. The fraction of sp³-hybridized carbons (Fsp3) is 0.417. The Balaban J connectivity index is 0.000000245. The molecule has 0 saturated heterocycles. The fourth-order valence-corrected chi connectivity index (χ4v) is 2.21. The summed E-state index contributed by atoms with van der Waals surface area (Å²) in [6.07, 6.45) is 2.59. The van der Waals surface area contributed by atoms with Crippen molar-refractivity contribution in [1.29, 1.82) is 0 Å². The molecule has 82 valence electrons. The molecule has 0 amide bonds. The minimum absolute atomic E-state index is 0.776. The molecule has 15 heavy (non-hydrogen) atoms. The van der Waals surface area contributed by atoms with Crippen LogP contribution in [0.4, 0.5) is 0 Å². The average Bonchev–Trinajstić information content (AvgIpc) is 2.46. The molecule has 0 heterocycles. The largest absolute Gasteiger partial charge is 0.481 e. The molecule has 1 unspecified atom stereocenters. The van der Waals surface area contributed by atoms with E-state index in [9.17, 15) is 0 Å². The van der Waals surface area contributed by atoms with Gasteiger partial charge in [-0.3, -0.25) is 4.79 Å². The molecule has 0 aromatic heterocycles. The Morgan fingerprint density at radius 3 is 2.73 bits per heavy atom. The van der Waals surface area contributed by atoms with Gasteiger partial charge in [0.25, 0.3) is 5.97 Å². The molecule has 1 N–H and O–H groups in total. The van der Waals surface area contributed by atoms with Crippen LogP contribution in [-0.2, 0) is 11.2 Å². The van der Waals surface area contributed by atoms with Crippen molar-refractivity contribution in [1.82, 2.24) is 0 Å². The molecule has 1 atom stereocenters. The third kappa shape index (κ3) is 3.67. The number of halogens is 1. The summed E-state index contributed by atoms with van der Waals surface area (Å²) in [5.74, 6) is -0.0573. The van der Waals surface area contributed by atoms with Gasteiger partial charge >= 0.3 is 0 Å². The molecule has 0 spiro atoms. The second-order valence-electron chi connectivity index (χ2n) is 3.80. The molecule has 1 aliphatic rings. The van der Waals surface area contributed by atoms with Gasteiger partial charge in [-0.25, -0.2) is 0 Å². The lowest BCUT2D eigenvalue weighted by molar-refractivity contribution is -0.134. The number of fused-ring (bicyclic) bond motifs is 1. The van der Waals surface area contributed by atoms with Crippen LogP contribution >= 0.6 is 15.9 Å². The molecule has 0 saturated carbocycles. The van der Waals surface area contributed by atoms with Crippen molar-refractivity contribution in [3.8, 4) is 0 Å². The summed E-state index contributed by atoms with van der Waals surface area (Å²) in [4.78, 5) is 9.00. The lowest BCUT2D eigenvalue weighted by Crippen LogP contribution is -1.84. The highest BCUT2D eigenvalue weighted by atomic mass is 79.9. The average molecular weight is 271 g/mol. The van der Waals surface area contributed by atoms with Crippen LogP contribution in [0.25, 0.3) is 0 Å². The van der Waals surface area contributed by atoms with E-state index in [4.69, 9.17) is 9.90 Å². The molecular weight excluding hydrogens is 256 g/mol. The Labute approximate surface area is 98.4 Å². The Kier molecular flexibility index (Phi) is 4.33. The van der Waals surface area contributed by atoms with Crippen LogP contribution in [0.1, 0.15) is 37.3 Å². The Hall–Kier alpha value is -0.830. The van der Waals surface area contributed by atoms with E-state index in [0.717, 1.165) is 12.8 Å². The van der Waals surface area contributed by atoms with E-state index in [1.807, 2.05) is 0 Å². The highest BCUT2D eigenvalue weighted by Crippen LogP contribution is 2.33. The van der Waals surface area contributed by atoms with Gasteiger partial charge in [0.15, 0.2) is 0 Å². The summed E-state index contributed by atoms with van der Waals surface area (Å²) < 4.78 is 1.21. The monoisotopic (exact) mass is 270 g/mol. The van der Waals surface area contributed by atoms with E-state index in [-0.39, 0.29) is 0 Å². The zero-order valence-corrected chi connectivity index (χ0v) is 10.5. The van der Waals surface area contributed by atoms with E-state index >= 15 is 0 Å². The normalized spacial score (nSPS) is 17.7. The minimum atomic E-state index is -0.833. The summed E-state index contributed by atoms with van der Waals surface area (Å²) in [5, 5.41) is 7.42. The van der Waals surface area contributed by atoms with Gasteiger partial charge in [-0.1, -0.05) is 28.9 Å². The fourth-order valence-electron chi connectivity index (χ4n) is 1.80. The van der Waals surface area contributed by atoms with Crippen molar-refractivity contribution in [3.63, 3.8) is 0 Å². The highest BCUT2D eigenvalue weighted by molar-refractivity contribution is 9.10. The van der Waals surface area contributed by atoms with Crippen LogP contribution < -0.4 is 0 Å². The molecular formula is C12H15BrO2. The van der Waals surface area contributed by atoms with Crippen molar-refractivity contribution in [2.45, 2.75) is 32.6 Å². The number of carboxylic acids is 1. The molecule has 0 radical (unpaired) electrons. The number of aryl methyl sites for hydroxylation is 1. The molecule has 0 fully saturated rings. The summed E-state index contributed by atoms with van der Waals surface area (Å²) >= 11 is 3.48. The molecule has 2 rings (SSSR count). The predicted octanol–water partition coefficient (Wildman–Crippen LogP) is 3.59. The Bertz CT molecular complexity index is 357. The lowest BCUT2D eigenvalue weighted by atomic mass is 10.0. The smallest absolute Gasteiger partial charge is 0.300 e. The maximum absolute atomic E-state index is 9.00. The van der Waals surface area contributed by atoms with Gasteiger partial charge in [0.1, 0.15) is 0 Å². The number of hydrogen-bond acceptors (Lipinski definition) is 1. The third-order valence-corrected chi connectivity index (χ3v) is 2.98. The first-order valence-electron chi connectivity index (χ1n) is 4.98. The van der Waals surface area contributed by atoms with Crippen LogP contribution in [0.15, 0.2) is 22.7 Å². The molecule has 0 bridgehead atoms. The highest BCUT2D eigenvalue weighted by Gasteiger charge is 2.17. The van der Waals surface area contributed by atoms with Crippen molar-refractivity contribution in [3.05, 3.63) is 33.8 Å². The number of hydrogen-bond donors (Lipinski definition) is 1. The van der Waals surface area contributed by atoms with E-state index in [1.54, 1.807) is 5.56 Å². The van der Waals surface area contributed by atoms with Crippen molar-refractivity contribution < 1.29 is 9.90 Å². The standard InChI is InChI=1S/C10H11Br.C2H4O2/c1-7-2-3-8-6-9(11)4-5-10(7)8;1-2(3)4/h4-7H,2-3H2,1H3;1H3,(H,3,4). The summed E-state index contributed by atoms with van der Waals surface area (Å²) in [6.45, 7) is 3.39. The summed E-state index contributed by atoms with van der Waals surface area (Å²) in [5.41, 5.74) is 3.08. The van der Waals surface area contributed by atoms with Crippen LogP contribution in [0, 0.1) is 0 Å². The third-order valence-electron chi connectivity index (χ3n) is 2.48. The van der Waals surface area contributed by atoms with Crippen LogP contribution in [0.3, 0.4) is 0 Å². The van der Waals surface area contributed by atoms with E-state index < -0.39 is 5.97 Å². The molecule has 1 aromatic rings. The van der Waals surface area contributed by atoms with Gasteiger partial charge in [-0.2, -0.15) is 0 Å². The Morgan fingerprint density at radius 1 is 1.53 bits per heavy atom. The van der Waals surface area contributed by atoms with Gasteiger partial charge in [-0.15, -0.1) is 0 Å². The first-order valence-corrected chi connectivity index (χ1v) is 5.78. The van der Waals surface area contributed by atoms with Crippen molar-refractivity contribution in [2.75, 3.05) is 0 Å². The van der Waals surface area contributed by atoms with Crippen LogP contribution in [0.5, 0.6) is 0 Å². The quantitative estimate of drug-likeness (QED) is 0.783. The van der Waals surface area contributed by atoms with Gasteiger partial charge in [0.2, 0.25) is 0 Å². The topological polar surface area (TPSA) is 37.3 Å². The summed E-state index contributed by atoms with van der Waals surface area (Å²) in [6, 6.07) is 6.64. The number of carboxylic acid groups (broad SMARTS) is 1. The van der Waals surface area contributed by atoms with E-state index in [0.29, 0.717) is 0 Å². The lowest BCUT2D eigenvalue weighted by Gasteiger charge is -2.03. The SMILES string of the molecule is CC(=O)O.CC1CCc2cc(Br)ccc21. The first kappa shape index (κ1) is 12.2. The van der Waals surface area contributed by atoms with Crippen molar-refractivity contribution >= 4 is 21.9 Å². The van der Waals surface area contributed by atoms with Crippen LogP contribution in [0.2, 0.25) is 0 Å². The second-order valence-corrected chi connectivity index (χ2v) is 4.72. The molecule has 2 nitrogen and oxygen atoms in total. The van der Waals surface area contributed by atoms with E-state index in [1.165, 1.54) is 22.9 Å². The van der Waals surface area contributed by atoms with Gasteiger partial charge in [0.05, 0.1) is 0 Å². The van der Waals surface area contributed by atoms with Crippen LogP contribution in [-0.4, -0.2) is 11.1 Å². The molecule has 1 aromatic carbocycles. The minimum Gasteiger partial charge on any atom is -0.481 e. The maximum Gasteiger partial charge on any atom is 0.300 e. The van der Waals surface area contributed by atoms with Gasteiger partial charge in [-0.05, 0) is 42.0 Å². The van der Waals surface area contributed by atoms with Gasteiger partial charge < -0.3 is 5.11 Å². The molecule has 3 heteroatoms. The number of rotatable bonds is 0. The maximum atomic E-state index is 9.00. The summed E-state index contributed by atoms with van der Waals surface area (Å²) in [7, 11) is 0.